The van der Waals surface area contributed by atoms with Gasteiger partial charge in [0.2, 0.25) is 5.91 Å². The average Bonchev–Trinajstić information content (AvgIpc) is 3.29. The van der Waals surface area contributed by atoms with Crippen LogP contribution in [-0.4, -0.2) is 32.1 Å². The molecule has 0 saturated carbocycles. The molecule has 0 spiro atoms. The topological polar surface area (TPSA) is 53.9 Å². The van der Waals surface area contributed by atoms with E-state index in [9.17, 15) is 13.6 Å². The molecule has 0 radical (unpaired) electrons. The van der Waals surface area contributed by atoms with Crippen molar-refractivity contribution < 1.29 is 13.6 Å². The number of halogens is 2. The molecule has 1 aliphatic rings. The number of H-pyrrole nitrogens is 1. The first-order valence-corrected chi connectivity index (χ1v) is 11.2. The molecule has 5 rings (SSSR count). The minimum absolute atomic E-state index is 0.0874. The molecule has 33 heavy (non-hydrogen) atoms. The highest BCUT2D eigenvalue weighted by molar-refractivity contribution is 5.86. The molecule has 0 aliphatic carbocycles. The maximum Gasteiger partial charge on any atom is 0.223 e. The molecule has 170 valence electrons. The Labute approximate surface area is 191 Å². The third kappa shape index (κ3) is 3.61. The highest BCUT2D eigenvalue weighted by Gasteiger charge is 2.36. The molecule has 1 atom stereocenters. The Bertz CT molecular complexity index is 1370. The molecule has 0 saturated heterocycles. The summed E-state index contributed by atoms with van der Waals surface area (Å²) >= 11 is 0. The number of nitrogens with zero attached hydrogens (tertiary/aromatic N) is 3. The van der Waals surface area contributed by atoms with Gasteiger partial charge in [0.1, 0.15) is 17.7 Å². The van der Waals surface area contributed by atoms with Gasteiger partial charge >= 0.3 is 0 Å². The fourth-order valence-electron chi connectivity index (χ4n) is 5.11. The number of aryl methyl sites for hydroxylation is 2. The van der Waals surface area contributed by atoms with Crippen LogP contribution in [0.1, 0.15) is 46.2 Å². The number of rotatable bonds is 4. The van der Waals surface area contributed by atoms with Crippen LogP contribution in [-0.2, 0) is 24.7 Å². The van der Waals surface area contributed by atoms with E-state index in [1.165, 1.54) is 6.07 Å². The maximum absolute atomic E-state index is 15.0. The molecule has 0 bridgehead atoms. The summed E-state index contributed by atoms with van der Waals surface area (Å²) in [7, 11) is 1.89. The molecule has 4 aromatic rings. The quantitative estimate of drug-likeness (QED) is 0.483. The van der Waals surface area contributed by atoms with Crippen LogP contribution in [0.3, 0.4) is 0 Å². The summed E-state index contributed by atoms with van der Waals surface area (Å²) in [4.78, 5) is 18.6. The second-order valence-electron chi connectivity index (χ2n) is 8.74. The van der Waals surface area contributed by atoms with Gasteiger partial charge in [-0.25, -0.2) is 8.78 Å². The number of carbonyl (C=O) groups excluding carboxylic acids is 1. The molecule has 2 aromatic carbocycles. The van der Waals surface area contributed by atoms with Crippen molar-refractivity contribution in [3.63, 3.8) is 0 Å². The molecular weight excluding hydrogens is 422 g/mol. The van der Waals surface area contributed by atoms with E-state index in [0.717, 1.165) is 51.2 Å². The van der Waals surface area contributed by atoms with E-state index in [4.69, 9.17) is 0 Å². The van der Waals surface area contributed by atoms with Crippen LogP contribution >= 0.6 is 0 Å². The van der Waals surface area contributed by atoms with Gasteiger partial charge < -0.3 is 9.88 Å². The van der Waals surface area contributed by atoms with E-state index in [1.54, 1.807) is 4.90 Å². The van der Waals surface area contributed by atoms with Gasteiger partial charge in [0, 0.05) is 47.9 Å². The lowest BCUT2D eigenvalue weighted by Crippen LogP contribution is -2.41. The summed E-state index contributed by atoms with van der Waals surface area (Å²) in [5.74, 6) is -1.14. The summed E-state index contributed by atoms with van der Waals surface area (Å²) in [6.07, 6.45) is 1.48. The van der Waals surface area contributed by atoms with Crippen LogP contribution in [0.2, 0.25) is 0 Å². The van der Waals surface area contributed by atoms with Crippen LogP contribution in [0.4, 0.5) is 8.78 Å². The van der Waals surface area contributed by atoms with E-state index < -0.39 is 17.7 Å². The lowest BCUT2D eigenvalue weighted by Gasteiger charge is -2.36. The molecule has 2 aromatic heterocycles. The Morgan fingerprint density at radius 3 is 2.73 bits per heavy atom. The smallest absolute Gasteiger partial charge is 0.223 e. The van der Waals surface area contributed by atoms with E-state index >= 15 is 0 Å². The first-order valence-electron chi connectivity index (χ1n) is 11.2. The number of aromatic amines is 1. The highest BCUT2D eigenvalue weighted by Crippen LogP contribution is 2.39. The van der Waals surface area contributed by atoms with Gasteiger partial charge in [-0.2, -0.15) is 5.10 Å². The lowest BCUT2D eigenvalue weighted by atomic mass is 9.91. The molecule has 1 aliphatic heterocycles. The second-order valence-corrected chi connectivity index (χ2v) is 8.74. The van der Waals surface area contributed by atoms with Crippen molar-refractivity contribution in [2.45, 2.75) is 39.2 Å². The minimum atomic E-state index is -0.708. The molecule has 3 heterocycles. The number of nitrogens with one attached hydrogen (secondary N) is 1. The van der Waals surface area contributed by atoms with Crippen molar-refractivity contribution in [1.82, 2.24) is 19.7 Å². The monoisotopic (exact) mass is 448 g/mol. The Hall–Kier alpha value is -3.48. The van der Waals surface area contributed by atoms with E-state index in [2.05, 4.69) is 10.1 Å². The lowest BCUT2D eigenvalue weighted by molar-refractivity contribution is -0.133. The molecule has 0 fully saturated rings. The highest BCUT2D eigenvalue weighted by atomic mass is 19.1. The summed E-state index contributed by atoms with van der Waals surface area (Å²) in [6.45, 7) is 4.37. The van der Waals surface area contributed by atoms with Crippen LogP contribution in [0, 0.1) is 25.5 Å². The predicted octanol–water partition coefficient (Wildman–Crippen LogP) is 4.90. The van der Waals surface area contributed by atoms with Crippen molar-refractivity contribution in [2.75, 3.05) is 6.54 Å². The number of aromatic nitrogens is 3. The van der Waals surface area contributed by atoms with E-state index in [0.29, 0.717) is 19.4 Å². The van der Waals surface area contributed by atoms with Gasteiger partial charge in [0.15, 0.2) is 0 Å². The Balaban J connectivity index is 1.54. The third-order valence-electron chi connectivity index (χ3n) is 6.86. The van der Waals surface area contributed by atoms with Gasteiger partial charge in [0.05, 0.1) is 5.69 Å². The van der Waals surface area contributed by atoms with Gasteiger partial charge in [-0.05, 0) is 62.1 Å². The molecule has 0 unspecified atom stereocenters. The minimum Gasteiger partial charge on any atom is -0.356 e. The SMILES string of the molecule is Cc1nn(C)c(C)c1CCC(=O)N1CCc2c([nH]c3ccccc23)[C@@H]1c1cc(F)ccc1F. The summed E-state index contributed by atoms with van der Waals surface area (Å²) in [5, 5.41) is 5.49. The molecular formula is C26H26F2N4O. The zero-order valence-corrected chi connectivity index (χ0v) is 19.0. The number of fused-ring (bicyclic) bond motifs is 3. The van der Waals surface area contributed by atoms with Gasteiger partial charge in [-0.15, -0.1) is 0 Å². The molecule has 7 heteroatoms. The molecule has 1 amide bonds. The van der Waals surface area contributed by atoms with Crippen molar-refractivity contribution in [3.05, 3.63) is 87.9 Å². The maximum atomic E-state index is 15.0. The van der Waals surface area contributed by atoms with Crippen molar-refractivity contribution in [3.8, 4) is 0 Å². The van der Waals surface area contributed by atoms with Gasteiger partial charge in [0.25, 0.3) is 0 Å². The fourth-order valence-corrected chi connectivity index (χ4v) is 5.11. The number of carbonyl (C=O) groups is 1. The summed E-state index contributed by atoms with van der Waals surface area (Å²) < 4.78 is 31.0. The summed E-state index contributed by atoms with van der Waals surface area (Å²) in [6, 6.07) is 10.6. The first kappa shape index (κ1) is 21.4. The van der Waals surface area contributed by atoms with Gasteiger partial charge in [-0.1, -0.05) is 18.2 Å². The van der Waals surface area contributed by atoms with Crippen LogP contribution in [0.25, 0.3) is 10.9 Å². The molecule has 1 N–H and O–H groups in total. The number of hydrogen-bond acceptors (Lipinski definition) is 2. The summed E-state index contributed by atoms with van der Waals surface area (Å²) in [5.41, 5.74) is 5.92. The fraction of sp³-hybridized carbons (Fsp3) is 0.308. The van der Waals surface area contributed by atoms with Crippen molar-refractivity contribution in [1.29, 1.82) is 0 Å². The third-order valence-corrected chi connectivity index (χ3v) is 6.86. The van der Waals surface area contributed by atoms with Crippen molar-refractivity contribution in [2.24, 2.45) is 7.05 Å². The average molecular weight is 449 g/mol. The largest absolute Gasteiger partial charge is 0.356 e. The Morgan fingerprint density at radius 2 is 1.97 bits per heavy atom. The zero-order valence-electron chi connectivity index (χ0n) is 19.0. The van der Waals surface area contributed by atoms with Crippen LogP contribution < -0.4 is 0 Å². The normalized spacial score (nSPS) is 15.8. The van der Waals surface area contributed by atoms with Crippen LogP contribution in [0.5, 0.6) is 0 Å². The Morgan fingerprint density at radius 1 is 1.18 bits per heavy atom. The Kier molecular flexibility index (Phi) is 5.27. The standard InChI is InChI=1S/C26H26F2N4O/c1-15-18(16(2)31(3)30-15)9-11-24(33)32-13-12-20-19-6-4-5-7-23(19)29-25(20)26(32)21-14-17(27)8-10-22(21)28/h4-8,10,14,26,29H,9,11-13H2,1-3H3/t26-/m0/s1. The second kappa shape index (κ2) is 8.14. The molecule has 5 nitrogen and oxygen atoms in total. The number of hydrogen-bond donors (Lipinski definition) is 1. The number of para-hydroxylation sites is 1. The van der Waals surface area contributed by atoms with Crippen LogP contribution in [0.15, 0.2) is 42.5 Å². The van der Waals surface area contributed by atoms with E-state index in [-0.39, 0.29) is 17.9 Å². The first-order chi connectivity index (χ1) is 15.8. The van der Waals surface area contributed by atoms with Crippen molar-refractivity contribution >= 4 is 16.8 Å². The predicted molar refractivity (Wildman–Crippen MR) is 123 cm³/mol. The number of benzene rings is 2. The zero-order chi connectivity index (χ0) is 23.3. The van der Waals surface area contributed by atoms with E-state index in [1.807, 2.05) is 49.8 Å². The van der Waals surface area contributed by atoms with Gasteiger partial charge in [-0.3, -0.25) is 9.48 Å². The number of amides is 1.